The maximum Gasteiger partial charge on any atom is 0.140 e. The van der Waals surface area contributed by atoms with Crippen molar-refractivity contribution in [1.82, 2.24) is 0 Å². The third-order valence-corrected chi connectivity index (χ3v) is 3.35. The van der Waals surface area contributed by atoms with Gasteiger partial charge in [0.05, 0.1) is 0 Å². The van der Waals surface area contributed by atoms with Crippen molar-refractivity contribution >= 4 is 11.5 Å². The Kier molecular flexibility index (Phi) is 1.86. The van der Waals surface area contributed by atoms with Gasteiger partial charge in [-0.05, 0) is 30.8 Å². The van der Waals surface area contributed by atoms with Crippen LogP contribution in [0, 0.1) is 16.7 Å². The minimum absolute atomic E-state index is 0.0567. The summed E-state index contributed by atoms with van der Waals surface area (Å²) in [4.78, 5) is 11.6. The fourth-order valence-corrected chi connectivity index (χ4v) is 2.61. The number of carbonyl (C=O) groups is 1. The van der Waals surface area contributed by atoms with Crippen molar-refractivity contribution in [3.05, 3.63) is 12.2 Å². The SMILES string of the molecule is CC12CCCC(=O)C1C=CC(=N)C2. The van der Waals surface area contributed by atoms with Crippen LogP contribution < -0.4 is 0 Å². The van der Waals surface area contributed by atoms with E-state index in [-0.39, 0.29) is 11.3 Å². The molecule has 0 aliphatic heterocycles. The third-order valence-electron chi connectivity index (χ3n) is 3.35. The van der Waals surface area contributed by atoms with Crippen LogP contribution in [0.3, 0.4) is 0 Å². The number of hydrogen-bond acceptors (Lipinski definition) is 2. The lowest BCUT2D eigenvalue weighted by Gasteiger charge is -2.41. The standard InChI is InChI=1S/C11H15NO/c1-11-6-2-3-10(13)9(11)5-4-8(12)7-11/h4-5,9,12H,2-3,6-7H2,1H3. The Morgan fingerprint density at radius 3 is 3.15 bits per heavy atom. The molecule has 2 unspecified atom stereocenters. The molecule has 0 saturated heterocycles. The maximum absolute atomic E-state index is 11.6. The van der Waals surface area contributed by atoms with Crippen LogP contribution in [0.25, 0.3) is 0 Å². The van der Waals surface area contributed by atoms with E-state index in [1.165, 1.54) is 0 Å². The van der Waals surface area contributed by atoms with Crippen LogP contribution in [0.1, 0.15) is 32.6 Å². The van der Waals surface area contributed by atoms with E-state index >= 15 is 0 Å². The number of ketones is 1. The highest BCUT2D eigenvalue weighted by molar-refractivity contribution is 5.97. The summed E-state index contributed by atoms with van der Waals surface area (Å²) in [5.74, 6) is 0.466. The third kappa shape index (κ3) is 1.34. The average molecular weight is 177 g/mol. The van der Waals surface area contributed by atoms with Gasteiger partial charge in [-0.1, -0.05) is 13.0 Å². The molecule has 70 valence electrons. The van der Waals surface area contributed by atoms with Gasteiger partial charge < -0.3 is 5.41 Å². The largest absolute Gasteiger partial charge is 0.305 e. The second kappa shape index (κ2) is 2.79. The van der Waals surface area contributed by atoms with Crippen molar-refractivity contribution in [2.24, 2.45) is 11.3 Å². The Balaban J connectivity index is 2.33. The van der Waals surface area contributed by atoms with Crippen LogP contribution in [-0.4, -0.2) is 11.5 Å². The molecule has 1 fully saturated rings. The average Bonchev–Trinajstić information content (AvgIpc) is 2.02. The first kappa shape index (κ1) is 8.67. The molecule has 0 bridgehead atoms. The van der Waals surface area contributed by atoms with Crippen LogP contribution >= 0.6 is 0 Å². The highest BCUT2D eigenvalue weighted by Crippen LogP contribution is 2.44. The van der Waals surface area contributed by atoms with Crippen molar-refractivity contribution in [2.45, 2.75) is 32.6 Å². The summed E-state index contributed by atoms with van der Waals surface area (Å²) in [7, 11) is 0. The molecule has 1 N–H and O–H groups in total. The molecule has 2 atom stereocenters. The number of allylic oxidation sites excluding steroid dienone is 2. The minimum atomic E-state index is 0.0567. The first-order chi connectivity index (χ1) is 6.12. The summed E-state index contributed by atoms with van der Waals surface area (Å²) in [6.07, 6.45) is 7.35. The lowest BCUT2D eigenvalue weighted by molar-refractivity contribution is -0.127. The molecule has 0 radical (unpaired) electrons. The van der Waals surface area contributed by atoms with E-state index in [0.29, 0.717) is 11.5 Å². The zero-order valence-corrected chi connectivity index (χ0v) is 7.97. The van der Waals surface area contributed by atoms with E-state index < -0.39 is 0 Å². The van der Waals surface area contributed by atoms with Crippen LogP contribution in [0.4, 0.5) is 0 Å². The second-order valence-corrected chi connectivity index (χ2v) is 4.51. The predicted molar refractivity (Wildman–Crippen MR) is 51.9 cm³/mol. The highest BCUT2D eigenvalue weighted by atomic mass is 16.1. The van der Waals surface area contributed by atoms with Crippen molar-refractivity contribution in [3.8, 4) is 0 Å². The van der Waals surface area contributed by atoms with Gasteiger partial charge in [0.15, 0.2) is 0 Å². The van der Waals surface area contributed by atoms with Crippen molar-refractivity contribution in [1.29, 1.82) is 5.41 Å². The molecule has 0 aromatic heterocycles. The van der Waals surface area contributed by atoms with Gasteiger partial charge in [-0.2, -0.15) is 0 Å². The van der Waals surface area contributed by atoms with E-state index in [4.69, 9.17) is 5.41 Å². The fraction of sp³-hybridized carbons (Fsp3) is 0.636. The van der Waals surface area contributed by atoms with Crippen LogP contribution in [0.5, 0.6) is 0 Å². The molecule has 2 nitrogen and oxygen atoms in total. The Hall–Kier alpha value is -0.920. The molecule has 0 heterocycles. The van der Waals surface area contributed by atoms with E-state index in [1.54, 1.807) is 6.08 Å². The van der Waals surface area contributed by atoms with Crippen molar-refractivity contribution in [2.75, 3.05) is 0 Å². The minimum Gasteiger partial charge on any atom is -0.305 e. The van der Waals surface area contributed by atoms with Crippen LogP contribution in [0.15, 0.2) is 12.2 Å². The Morgan fingerprint density at radius 2 is 2.38 bits per heavy atom. The zero-order chi connectivity index (χ0) is 9.47. The van der Waals surface area contributed by atoms with E-state index in [1.807, 2.05) is 6.08 Å². The van der Waals surface area contributed by atoms with Gasteiger partial charge in [-0.15, -0.1) is 0 Å². The smallest absolute Gasteiger partial charge is 0.140 e. The zero-order valence-electron chi connectivity index (χ0n) is 7.97. The summed E-state index contributed by atoms with van der Waals surface area (Å²) < 4.78 is 0. The molecule has 1 saturated carbocycles. The van der Waals surface area contributed by atoms with E-state index in [2.05, 4.69) is 6.92 Å². The summed E-state index contributed by atoms with van der Waals surface area (Å²) in [6, 6.07) is 0. The molecule has 2 aliphatic carbocycles. The molecular weight excluding hydrogens is 162 g/mol. The molecule has 0 amide bonds. The molecule has 0 aromatic rings. The van der Waals surface area contributed by atoms with E-state index in [0.717, 1.165) is 25.7 Å². The first-order valence-corrected chi connectivity index (χ1v) is 4.90. The lowest BCUT2D eigenvalue weighted by atomic mass is 9.62. The van der Waals surface area contributed by atoms with Gasteiger partial charge in [0.1, 0.15) is 5.78 Å². The molecule has 13 heavy (non-hydrogen) atoms. The summed E-state index contributed by atoms with van der Waals surface area (Å²) in [6.45, 7) is 2.15. The first-order valence-electron chi connectivity index (χ1n) is 4.90. The normalized spacial score (nSPS) is 39.0. The predicted octanol–water partition coefficient (Wildman–Crippen LogP) is 2.34. The van der Waals surface area contributed by atoms with Gasteiger partial charge in [0.25, 0.3) is 0 Å². The number of carbonyl (C=O) groups excluding carboxylic acids is 1. The van der Waals surface area contributed by atoms with Crippen LogP contribution in [-0.2, 0) is 4.79 Å². The summed E-state index contributed by atoms with van der Waals surface area (Å²) in [5, 5.41) is 7.60. The molecule has 2 rings (SSSR count). The number of rotatable bonds is 0. The summed E-state index contributed by atoms with van der Waals surface area (Å²) in [5.41, 5.74) is 0.731. The van der Waals surface area contributed by atoms with Gasteiger partial charge in [-0.25, -0.2) is 0 Å². The number of hydrogen-bond donors (Lipinski definition) is 1. The molecule has 0 spiro atoms. The Bertz CT molecular complexity index is 292. The fourth-order valence-electron chi connectivity index (χ4n) is 2.61. The van der Waals surface area contributed by atoms with Gasteiger partial charge in [-0.3, -0.25) is 4.79 Å². The molecule has 2 aliphatic rings. The monoisotopic (exact) mass is 177 g/mol. The Morgan fingerprint density at radius 1 is 1.62 bits per heavy atom. The molecule has 2 heteroatoms. The summed E-state index contributed by atoms with van der Waals surface area (Å²) >= 11 is 0. The van der Waals surface area contributed by atoms with E-state index in [9.17, 15) is 4.79 Å². The van der Waals surface area contributed by atoms with Crippen LogP contribution in [0.2, 0.25) is 0 Å². The van der Waals surface area contributed by atoms with Gasteiger partial charge in [0, 0.05) is 18.1 Å². The van der Waals surface area contributed by atoms with Gasteiger partial charge >= 0.3 is 0 Å². The lowest BCUT2D eigenvalue weighted by Crippen LogP contribution is -2.39. The molecular formula is C11H15NO. The number of nitrogens with one attached hydrogen (secondary N) is 1. The molecule has 0 aromatic carbocycles. The van der Waals surface area contributed by atoms with Crippen molar-refractivity contribution < 1.29 is 4.79 Å². The number of fused-ring (bicyclic) bond motifs is 1. The quantitative estimate of drug-likeness (QED) is 0.606. The van der Waals surface area contributed by atoms with Crippen molar-refractivity contribution in [3.63, 3.8) is 0 Å². The second-order valence-electron chi connectivity index (χ2n) is 4.51. The maximum atomic E-state index is 11.6. The van der Waals surface area contributed by atoms with Gasteiger partial charge in [0.2, 0.25) is 0 Å². The topological polar surface area (TPSA) is 40.9 Å². The number of Topliss-reactive ketones (excluding diaryl/α,β-unsaturated/α-hetero) is 1. The Labute approximate surface area is 78.5 Å². The highest BCUT2D eigenvalue weighted by Gasteiger charge is 2.42.